The molecule has 110 valence electrons. The molecule has 0 radical (unpaired) electrons. The first-order valence-corrected chi connectivity index (χ1v) is 7.46. The van der Waals surface area contributed by atoms with E-state index in [1.165, 1.54) is 5.56 Å². The maximum absolute atomic E-state index is 11.9. The number of benzene rings is 1. The normalized spacial score (nSPS) is 11.9. The SMILES string of the molecule is C[C@H](Cc1cccnc1)NC(=O)CCCc1ccccc1. The summed E-state index contributed by atoms with van der Waals surface area (Å²) in [5.74, 6) is 0.127. The van der Waals surface area contributed by atoms with Gasteiger partial charge in [-0.15, -0.1) is 0 Å². The van der Waals surface area contributed by atoms with E-state index < -0.39 is 0 Å². The van der Waals surface area contributed by atoms with Gasteiger partial charge in [0.05, 0.1) is 0 Å². The molecule has 1 N–H and O–H groups in total. The quantitative estimate of drug-likeness (QED) is 0.847. The number of hydrogen-bond acceptors (Lipinski definition) is 2. The molecule has 2 rings (SSSR count). The van der Waals surface area contributed by atoms with E-state index in [1.807, 2.05) is 43.5 Å². The lowest BCUT2D eigenvalue weighted by Gasteiger charge is -2.13. The molecule has 21 heavy (non-hydrogen) atoms. The average Bonchev–Trinajstić information content (AvgIpc) is 2.49. The first-order valence-electron chi connectivity index (χ1n) is 7.46. The Kier molecular flexibility index (Phi) is 5.95. The van der Waals surface area contributed by atoms with Crippen molar-refractivity contribution in [2.45, 2.75) is 38.6 Å². The predicted octanol–water partition coefficient (Wildman–Crippen LogP) is 3.15. The van der Waals surface area contributed by atoms with E-state index in [0.717, 1.165) is 24.8 Å². The molecule has 0 saturated heterocycles. The van der Waals surface area contributed by atoms with Gasteiger partial charge < -0.3 is 5.32 Å². The van der Waals surface area contributed by atoms with Crippen LogP contribution in [0.3, 0.4) is 0 Å². The van der Waals surface area contributed by atoms with Crippen LogP contribution in [0.15, 0.2) is 54.9 Å². The summed E-state index contributed by atoms with van der Waals surface area (Å²) in [5, 5.41) is 3.05. The van der Waals surface area contributed by atoms with Gasteiger partial charge in [-0.2, -0.15) is 0 Å². The fourth-order valence-electron chi connectivity index (χ4n) is 2.37. The summed E-state index contributed by atoms with van der Waals surface area (Å²) in [6, 6.07) is 14.4. The van der Waals surface area contributed by atoms with Crippen molar-refractivity contribution < 1.29 is 4.79 Å². The molecule has 0 unspecified atom stereocenters. The zero-order chi connectivity index (χ0) is 14.9. The molecule has 3 heteroatoms. The van der Waals surface area contributed by atoms with Gasteiger partial charge in [-0.1, -0.05) is 36.4 Å². The summed E-state index contributed by atoms with van der Waals surface area (Å²) in [4.78, 5) is 16.0. The second-order valence-electron chi connectivity index (χ2n) is 5.37. The van der Waals surface area contributed by atoms with Crippen LogP contribution in [-0.4, -0.2) is 16.9 Å². The average molecular weight is 282 g/mol. The van der Waals surface area contributed by atoms with Gasteiger partial charge in [-0.05, 0) is 43.4 Å². The highest BCUT2D eigenvalue weighted by molar-refractivity contribution is 5.76. The van der Waals surface area contributed by atoms with Gasteiger partial charge in [-0.3, -0.25) is 9.78 Å². The van der Waals surface area contributed by atoms with E-state index in [1.54, 1.807) is 6.20 Å². The maximum Gasteiger partial charge on any atom is 0.220 e. The van der Waals surface area contributed by atoms with Crippen LogP contribution < -0.4 is 5.32 Å². The number of hydrogen-bond donors (Lipinski definition) is 1. The Bertz CT molecular complexity index is 540. The van der Waals surface area contributed by atoms with E-state index >= 15 is 0 Å². The van der Waals surface area contributed by atoms with Gasteiger partial charge in [-0.25, -0.2) is 0 Å². The van der Waals surface area contributed by atoms with Crippen molar-refractivity contribution in [3.63, 3.8) is 0 Å². The van der Waals surface area contributed by atoms with Crippen LogP contribution in [-0.2, 0) is 17.6 Å². The van der Waals surface area contributed by atoms with Gasteiger partial charge in [0.25, 0.3) is 0 Å². The Morgan fingerprint density at radius 1 is 1.14 bits per heavy atom. The van der Waals surface area contributed by atoms with Crippen LogP contribution in [0.5, 0.6) is 0 Å². The smallest absolute Gasteiger partial charge is 0.220 e. The second-order valence-corrected chi connectivity index (χ2v) is 5.37. The lowest BCUT2D eigenvalue weighted by atomic mass is 10.1. The molecule has 1 amide bonds. The van der Waals surface area contributed by atoms with Crippen LogP contribution in [0, 0.1) is 0 Å². The van der Waals surface area contributed by atoms with Crippen LogP contribution in [0.25, 0.3) is 0 Å². The Balaban J connectivity index is 1.67. The molecule has 1 aromatic carbocycles. The number of pyridine rings is 1. The third-order valence-electron chi connectivity index (χ3n) is 3.38. The fraction of sp³-hybridized carbons (Fsp3) is 0.333. The molecular weight excluding hydrogens is 260 g/mol. The number of aryl methyl sites for hydroxylation is 1. The molecular formula is C18H22N2O. The molecule has 1 heterocycles. The van der Waals surface area contributed by atoms with Crippen LogP contribution >= 0.6 is 0 Å². The Labute approximate surface area is 126 Å². The third-order valence-corrected chi connectivity index (χ3v) is 3.38. The minimum Gasteiger partial charge on any atom is -0.353 e. The number of amides is 1. The van der Waals surface area contributed by atoms with Crippen molar-refractivity contribution in [1.29, 1.82) is 0 Å². The minimum absolute atomic E-state index is 0.127. The third kappa shape index (κ3) is 5.78. The summed E-state index contributed by atoms with van der Waals surface area (Å²) < 4.78 is 0. The number of carbonyl (C=O) groups excluding carboxylic acids is 1. The molecule has 0 spiro atoms. The van der Waals surface area contributed by atoms with Gasteiger partial charge in [0.15, 0.2) is 0 Å². The summed E-state index contributed by atoms with van der Waals surface area (Å²) in [5.41, 5.74) is 2.43. The molecule has 0 saturated carbocycles. The van der Waals surface area contributed by atoms with E-state index in [2.05, 4.69) is 22.4 Å². The minimum atomic E-state index is 0.127. The molecule has 0 aliphatic rings. The Morgan fingerprint density at radius 2 is 1.90 bits per heavy atom. The molecule has 0 fully saturated rings. The van der Waals surface area contributed by atoms with Crippen molar-refractivity contribution in [2.75, 3.05) is 0 Å². The highest BCUT2D eigenvalue weighted by atomic mass is 16.1. The lowest BCUT2D eigenvalue weighted by Crippen LogP contribution is -2.33. The molecule has 0 bridgehead atoms. The molecule has 1 atom stereocenters. The summed E-state index contributed by atoms with van der Waals surface area (Å²) >= 11 is 0. The van der Waals surface area contributed by atoms with Gasteiger partial charge in [0.2, 0.25) is 5.91 Å². The first kappa shape index (κ1) is 15.2. The largest absolute Gasteiger partial charge is 0.353 e. The standard InChI is InChI=1S/C18H22N2O/c1-15(13-17-10-6-12-19-14-17)20-18(21)11-5-9-16-7-3-2-4-8-16/h2-4,6-8,10,12,14-15H,5,9,11,13H2,1H3,(H,20,21)/t15-/m1/s1. The van der Waals surface area contributed by atoms with E-state index in [-0.39, 0.29) is 11.9 Å². The first-order chi connectivity index (χ1) is 10.2. The summed E-state index contributed by atoms with van der Waals surface area (Å²) in [6.45, 7) is 2.03. The van der Waals surface area contributed by atoms with Crippen molar-refractivity contribution >= 4 is 5.91 Å². The topological polar surface area (TPSA) is 42.0 Å². The van der Waals surface area contributed by atoms with Crippen LogP contribution in [0.4, 0.5) is 0 Å². The monoisotopic (exact) mass is 282 g/mol. The highest BCUT2D eigenvalue weighted by Crippen LogP contribution is 2.05. The molecule has 3 nitrogen and oxygen atoms in total. The van der Waals surface area contributed by atoms with Gasteiger partial charge >= 0.3 is 0 Å². The molecule has 2 aromatic rings. The maximum atomic E-state index is 11.9. The van der Waals surface area contributed by atoms with Crippen molar-refractivity contribution in [1.82, 2.24) is 10.3 Å². The molecule has 0 aliphatic carbocycles. The predicted molar refractivity (Wildman–Crippen MR) is 84.9 cm³/mol. The Morgan fingerprint density at radius 3 is 2.62 bits per heavy atom. The summed E-state index contributed by atoms with van der Waals surface area (Å²) in [7, 11) is 0. The van der Waals surface area contributed by atoms with Crippen LogP contribution in [0.1, 0.15) is 30.9 Å². The van der Waals surface area contributed by atoms with Crippen LogP contribution in [0.2, 0.25) is 0 Å². The number of nitrogens with one attached hydrogen (secondary N) is 1. The zero-order valence-electron chi connectivity index (χ0n) is 12.5. The van der Waals surface area contributed by atoms with Crippen molar-refractivity contribution in [2.24, 2.45) is 0 Å². The number of nitrogens with zero attached hydrogens (tertiary/aromatic N) is 1. The lowest BCUT2D eigenvalue weighted by molar-refractivity contribution is -0.121. The Hall–Kier alpha value is -2.16. The molecule has 0 aliphatic heterocycles. The number of carbonyl (C=O) groups is 1. The number of aromatic nitrogens is 1. The van der Waals surface area contributed by atoms with E-state index in [0.29, 0.717) is 6.42 Å². The zero-order valence-corrected chi connectivity index (χ0v) is 12.5. The molecule has 1 aromatic heterocycles. The summed E-state index contributed by atoms with van der Waals surface area (Å²) in [6.07, 6.45) is 6.83. The van der Waals surface area contributed by atoms with Crippen molar-refractivity contribution in [3.05, 3.63) is 66.0 Å². The van der Waals surface area contributed by atoms with Crippen molar-refractivity contribution in [3.8, 4) is 0 Å². The van der Waals surface area contributed by atoms with Gasteiger partial charge in [0.1, 0.15) is 0 Å². The second kappa shape index (κ2) is 8.20. The van der Waals surface area contributed by atoms with E-state index in [9.17, 15) is 4.79 Å². The highest BCUT2D eigenvalue weighted by Gasteiger charge is 2.08. The van der Waals surface area contributed by atoms with Gasteiger partial charge in [0, 0.05) is 24.9 Å². The van der Waals surface area contributed by atoms with E-state index in [4.69, 9.17) is 0 Å². The number of rotatable bonds is 7. The fourth-order valence-corrected chi connectivity index (χ4v) is 2.37.